The van der Waals surface area contributed by atoms with Gasteiger partial charge >= 0.3 is 0 Å². The molecule has 30 heavy (non-hydrogen) atoms. The first-order chi connectivity index (χ1) is 14.2. The van der Waals surface area contributed by atoms with Gasteiger partial charge in [0.2, 0.25) is 11.5 Å². The van der Waals surface area contributed by atoms with E-state index in [1.54, 1.807) is 30.9 Å². The number of carbonyl (C=O) groups excluding carboxylic acids is 3. The molecule has 0 aromatic carbocycles. The highest BCUT2D eigenvalue weighted by Gasteiger charge is 2.45. The maximum absolute atomic E-state index is 13.1. The minimum absolute atomic E-state index is 0.0401. The number of likely N-dealkylation sites (N-methyl/N-ethyl adjacent to an activating group) is 1. The number of fused-ring (bicyclic) bond motifs is 3. The summed E-state index contributed by atoms with van der Waals surface area (Å²) in [6.07, 6.45) is 1.04. The smallest absolute Gasteiger partial charge is 0.270 e. The van der Waals surface area contributed by atoms with Crippen LogP contribution in [0.15, 0.2) is 5.16 Å². The first kappa shape index (κ1) is 20.8. The van der Waals surface area contributed by atoms with E-state index in [0.717, 1.165) is 16.2 Å². The topological polar surface area (TPSA) is 91.8 Å². The second-order valence-electron chi connectivity index (χ2n) is 8.19. The van der Waals surface area contributed by atoms with E-state index in [-0.39, 0.29) is 24.3 Å². The van der Waals surface area contributed by atoms with Crippen molar-refractivity contribution >= 4 is 39.8 Å². The molecule has 0 radical (unpaired) electrons. The van der Waals surface area contributed by atoms with Crippen LogP contribution >= 0.6 is 11.3 Å². The minimum atomic E-state index is -0.980. The Kier molecular flexibility index (Phi) is 5.31. The Balaban J connectivity index is 1.65. The lowest BCUT2D eigenvalue weighted by Gasteiger charge is -2.32. The number of hydrogen-bond donors (Lipinski definition) is 0. The minimum Gasteiger partial charge on any atom is -0.383 e. The third-order valence-electron chi connectivity index (χ3n) is 5.77. The zero-order valence-corrected chi connectivity index (χ0v) is 18.5. The molecule has 0 N–H and O–H groups in total. The molecule has 4 heterocycles. The highest BCUT2D eigenvalue weighted by atomic mass is 32.1. The predicted molar refractivity (Wildman–Crippen MR) is 112 cm³/mol. The van der Waals surface area contributed by atoms with Gasteiger partial charge in [-0.25, -0.2) is 0 Å². The van der Waals surface area contributed by atoms with Crippen LogP contribution in [0.5, 0.6) is 0 Å². The summed E-state index contributed by atoms with van der Waals surface area (Å²) in [7, 11) is 3.23. The van der Waals surface area contributed by atoms with Crippen molar-refractivity contribution in [2.24, 2.45) is 5.16 Å². The number of nitrogens with zero attached hydrogens (tertiary/aromatic N) is 4. The molecule has 9 nitrogen and oxygen atoms in total. The molecule has 0 saturated carbocycles. The van der Waals surface area contributed by atoms with Crippen LogP contribution in [0.3, 0.4) is 0 Å². The summed E-state index contributed by atoms with van der Waals surface area (Å²) in [6.45, 7) is 5.30. The number of ether oxygens (including phenoxy) is 1. The number of methoxy groups -OCH3 is 1. The molecule has 0 bridgehead atoms. The molecule has 0 aliphatic carbocycles. The highest BCUT2D eigenvalue weighted by molar-refractivity contribution is 7.17. The average Bonchev–Trinajstić information content (AvgIpc) is 3.24. The lowest BCUT2D eigenvalue weighted by atomic mass is 9.96. The summed E-state index contributed by atoms with van der Waals surface area (Å²) in [4.78, 5) is 50.2. The van der Waals surface area contributed by atoms with Crippen molar-refractivity contribution in [3.63, 3.8) is 0 Å². The van der Waals surface area contributed by atoms with Crippen molar-refractivity contribution in [2.45, 2.75) is 38.8 Å². The molecule has 3 aliphatic heterocycles. The summed E-state index contributed by atoms with van der Waals surface area (Å²) in [5.74, 6) is -0.383. The van der Waals surface area contributed by atoms with Crippen LogP contribution in [-0.2, 0) is 32.1 Å². The molecule has 4 rings (SSSR count). The Morgan fingerprint density at radius 1 is 1.33 bits per heavy atom. The number of anilines is 1. The fraction of sp³-hybridized carbons (Fsp3) is 0.600. The number of oxime groups is 1. The van der Waals surface area contributed by atoms with Crippen LogP contribution in [0.2, 0.25) is 0 Å². The van der Waals surface area contributed by atoms with Crippen LogP contribution in [0.1, 0.15) is 41.1 Å². The molecule has 1 aromatic rings. The molecule has 1 aromatic heterocycles. The molecule has 1 atom stereocenters. The fourth-order valence-corrected chi connectivity index (χ4v) is 5.62. The van der Waals surface area contributed by atoms with Crippen molar-refractivity contribution in [2.75, 3.05) is 45.3 Å². The van der Waals surface area contributed by atoms with Gasteiger partial charge in [-0.3, -0.25) is 19.3 Å². The van der Waals surface area contributed by atoms with Gasteiger partial charge in [-0.1, -0.05) is 5.16 Å². The molecule has 0 saturated heterocycles. The number of rotatable bonds is 4. The molecule has 162 valence electrons. The Bertz CT molecular complexity index is 942. The molecule has 3 amide bonds. The molecular weight excluding hydrogens is 408 g/mol. The second kappa shape index (κ2) is 7.66. The van der Waals surface area contributed by atoms with Gasteiger partial charge in [-0.2, -0.15) is 0 Å². The van der Waals surface area contributed by atoms with Gasteiger partial charge in [0.15, 0.2) is 0 Å². The van der Waals surface area contributed by atoms with Crippen molar-refractivity contribution in [1.29, 1.82) is 0 Å². The number of carbonyl (C=O) groups is 3. The summed E-state index contributed by atoms with van der Waals surface area (Å²) < 4.78 is 5.16. The average molecular weight is 435 g/mol. The molecule has 3 aliphatic rings. The molecule has 0 spiro atoms. The third kappa shape index (κ3) is 3.37. The second-order valence-corrected chi connectivity index (χ2v) is 9.27. The van der Waals surface area contributed by atoms with Gasteiger partial charge in [-0.15, -0.1) is 11.3 Å². The molecular formula is C20H26N4O5S. The van der Waals surface area contributed by atoms with Crippen molar-refractivity contribution in [3.8, 4) is 0 Å². The standard InChI is InChI=1S/C20H26N4O5S/c1-12-9-20(2,29-21-12)19(27)23-6-5-13-14(10-23)30-18-16(13)17(26)22(3)11-15(25)24(18)7-8-28-4/h5-11H2,1-4H3. The number of amides is 3. The Labute approximate surface area is 179 Å². The van der Waals surface area contributed by atoms with E-state index in [0.29, 0.717) is 49.6 Å². The summed E-state index contributed by atoms with van der Waals surface area (Å²) in [6, 6.07) is 0. The van der Waals surface area contributed by atoms with Gasteiger partial charge in [0.25, 0.3) is 11.8 Å². The van der Waals surface area contributed by atoms with E-state index in [9.17, 15) is 14.4 Å². The predicted octanol–water partition coefficient (Wildman–Crippen LogP) is 1.25. The maximum Gasteiger partial charge on any atom is 0.270 e. The van der Waals surface area contributed by atoms with Gasteiger partial charge < -0.3 is 19.4 Å². The van der Waals surface area contributed by atoms with Gasteiger partial charge in [-0.05, 0) is 25.8 Å². The van der Waals surface area contributed by atoms with Crippen LogP contribution < -0.4 is 4.90 Å². The van der Waals surface area contributed by atoms with Gasteiger partial charge in [0.05, 0.1) is 31.0 Å². The van der Waals surface area contributed by atoms with Crippen molar-refractivity contribution in [1.82, 2.24) is 9.80 Å². The number of thiophene rings is 1. The molecule has 0 fully saturated rings. The SMILES string of the molecule is COCCN1C(=O)CN(C)C(=O)c2c1sc1c2CCN(C(=O)C2(C)CC(C)=NO2)C1. The van der Waals surface area contributed by atoms with Crippen molar-refractivity contribution < 1.29 is 24.0 Å². The van der Waals surface area contributed by atoms with E-state index in [2.05, 4.69) is 5.16 Å². The van der Waals surface area contributed by atoms with E-state index in [4.69, 9.17) is 9.57 Å². The largest absolute Gasteiger partial charge is 0.383 e. The fourth-order valence-electron chi connectivity index (χ4n) is 4.23. The zero-order valence-electron chi connectivity index (χ0n) is 17.7. The number of hydrogen-bond acceptors (Lipinski definition) is 7. The maximum atomic E-state index is 13.1. The van der Waals surface area contributed by atoms with E-state index >= 15 is 0 Å². The summed E-state index contributed by atoms with van der Waals surface area (Å²) >= 11 is 1.42. The lowest BCUT2D eigenvalue weighted by molar-refractivity contribution is -0.154. The Morgan fingerprint density at radius 2 is 2.10 bits per heavy atom. The molecule has 1 unspecified atom stereocenters. The summed E-state index contributed by atoms with van der Waals surface area (Å²) in [5, 5.41) is 4.60. The van der Waals surface area contributed by atoms with E-state index in [1.165, 1.54) is 16.2 Å². The monoisotopic (exact) mass is 434 g/mol. The summed E-state index contributed by atoms with van der Waals surface area (Å²) in [5.41, 5.74) is 1.35. The highest BCUT2D eigenvalue weighted by Crippen LogP contribution is 2.42. The van der Waals surface area contributed by atoms with Crippen LogP contribution in [0.4, 0.5) is 5.00 Å². The van der Waals surface area contributed by atoms with E-state index < -0.39 is 5.60 Å². The molecule has 10 heteroatoms. The Hall–Kier alpha value is -2.46. The first-order valence-electron chi connectivity index (χ1n) is 9.95. The quantitative estimate of drug-likeness (QED) is 0.711. The van der Waals surface area contributed by atoms with Crippen LogP contribution in [-0.4, -0.2) is 79.2 Å². The normalized spacial score (nSPS) is 23.7. The van der Waals surface area contributed by atoms with Crippen LogP contribution in [0.25, 0.3) is 0 Å². The van der Waals surface area contributed by atoms with Crippen molar-refractivity contribution in [3.05, 3.63) is 16.0 Å². The lowest BCUT2D eigenvalue weighted by Crippen LogP contribution is -2.48. The van der Waals surface area contributed by atoms with Gasteiger partial charge in [0, 0.05) is 32.0 Å². The first-order valence-corrected chi connectivity index (χ1v) is 10.8. The van der Waals surface area contributed by atoms with E-state index in [1.807, 2.05) is 6.92 Å². The third-order valence-corrected chi connectivity index (χ3v) is 7.01. The van der Waals surface area contributed by atoms with Gasteiger partial charge in [0.1, 0.15) is 11.5 Å². The zero-order chi connectivity index (χ0) is 21.6. The Morgan fingerprint density at radius 3 is 2.77 bits per heavy atom. The van der Waals surface area contributed by atoms with Crippen LogP contribution in [0, 0.1) is 0 Å².